The van der Waals surface area contributed by atoms with Gasteiger partial charge in [0.1, 0.15) is 12.4 Å². The van der Waals surface area contributed by atoms with E-state index in [1.807, 2.05) is 0 Å². The maximum absolute atomic E-state index is 11.7. The predicted octanol–water partition coefficient (Wildman–Crippen LogP) is 2.48. The minimum atomic E-state index is -0.701. The summed E-state index contributed by atoms with van der Waals surface area (Å²) in [5.41, 5.74) is 0. The fourth-order valence-corrected chi connectivity index (χ4v) is 5.84. The molecule has 2 unspecified atom stereocenters. The summed E-state index contributed by atoms with van der Waals surface area (Å²) < 4.78 is 0. The summed E-state index contributed by atoms with van der Waals surface area (Å²) in [4.78, 5) is 19.9. The molecule has 0 aromatic rings. The molecule has 1 saturated heterocycles. The topological polar surface area (TPSA) is 73.2 Å². The first-order valence-electron chi connectivity index (χ1n) is 12.4. The van der Waals surface area contributed by atoms with Crippen LogP contribution >= 0.6 is 0 Å². The van der Waals surface area contributed by atoms with Crippen molar-refractivity contribution in [2.45, 2.75) is 83.0 Å². The van der Waals surface area contributed by atoms with Gasteiger partial charge in [0.05, 0.1) is 25.3 Å². The van der Waals surface area contributed by atoms with Crippen LogP contribution in [0.1, 0.15) is 64.7 Å². The first kappa shape index (κ1) is 24.7. The second-order valence-electron chi connectivity index (χ2n) is 10.1. The van der Waals surface area contributed by atoms with Crippen LogP contribution in [0.2, 0.25) is 0 Å². The zero-order chi connectivity index (χ0) is 22.2. The Balaban J connectivity index is 1.47. The first-order chi connectivity index (χ1) is 15.0. The lowest BCUT2D eigenvalue weighted by Crippen LogP contribution is -2.41. The normalized spacial score (nSPS) is 33.8. The van der Waals surface area contributed by atoms with Crippen LogP contribution in [0.3, 0.4) is 0 Å². The molecule has 2 saturated carbocycles. The molecule has 31 heavy (non-hydrogen) atoms. The molecule has 6 heteroatoms. The summed E-state index contributed by atoms with van der Waals surface area (Å²) in [6, 6.07) is -0.503. The highest BCUT2D eigenvalue weighted by atomic mass is 16.7. The van der Waals surface area contributed by atoms with Crippen molar-refractivity contribution in [2.24, 2.45) is 23.7 Å². The molecule has 3 fully saturated rings. The molecule has 0 bridgehead atoms. The number of carbonyl (C=O) groups is 1. The van der Waals surface area contributed by atoms with E-state index in [9.17, 15) is 15.0 Å². The van der Waals surface area contributed by atoms with Crippen molar-refractivity contribution in [3.63, 3.8) is 0 Å². The van der Waals surface area contributed by atoms with Crippen molar-refractivity contribution >= 4 is 6.29 Å². The summed E-state index contributed by atoms with van der Waals surface area (Å²) in [6.07, 6.45) is 11.0. The van der Waals surface area contributed by atoms with Crippen molar-refractivity contribution in [3.05, 3.63) is 0 Å². The van der Waals surface area contributed by atoms with Gasteiger partial charge in [0.25, 0.3) is 0 Å². The molecule has 0 spiro atoms. The minimum Gasteiger partial charge on any atom is -0.394 e. The lowest BCUT2D eigenvalue weighted by Gasteiger charge is -2.31. The zero-order valence-electron chi connectivity index (χ0n) is 19.4. The van der Waals surface area contributed by atoms with Crippen LogP contribution in [-0.2, 0) is 9.63 Å². The Morgan fingerprint density at radius 1 is 1.16 bits per heavy atom. The Hall–Kier alpha value is -0.970. The lowest BCUT2D eigenvalue weighted by atomic mass is 9.81. The predicted molar refractivity (Wildman–Crippen MR) is 121 cm³/mol. The van der Waals surface area contributed by atoms with Gasteiger partial charge in [0, 0.05) is 24.9 Å². The Kier molecular flexibility index (Phi) is 9.80. The summed E-state index contributed by atoms with van der Waals surface area (Å²) in [5.74, 6) is 8.22. The van der Waals surface area contributed by atoms with E-state index >= 15 is 0 Å². The molecule has 0 aromatic heterocycles. The molecular formula is C25H42N2O4. The molecule has 3 rings (SSSR count). The van der Waals surface area contributed by atoms with Gasteiger partial charge in [0.2, 0.25) is 0 Å². The van der Waals surface area contributed by atoms with Gasteiger partial charge in [-0.3, -0.25) is 9.74 Å². The van der Waals surface area contributed by atoms with Crippen LogP contribution in [0.25, 0.3) is 0 Å². The highest BCUT2D eigenvalue weighted by Crippen LogP contribution is 2.34. The summed E-state index contributed by atoms with van der Waals surface area (Å²) >= 11 is 0. The number of nitrogens with zero attached hydrogens (tertiary/aromatic N) is 2. The van der Waals surface area contributed by atoms with Gasteiger partial charge < -0.3 is 15.0 Å². The van der Waals surface area contributed by atoms with Crippen molar-refractivity contribution in [2.75, 3.05) is 33.3 Å². The number of aliphatic hydroxyl groups is 2. The average Bonchev–Trinajstić information content (AvgIpc) is 3.12. The third-order valence-electron chi connectivity index (χ3n) is 7.47. The highest BCUT2D eigenvalue weighted by Gasteiger charge is 2.46. The van der Waals surface area contributed by atoms with Gasteiger partial charge in [-0.25, -0.2) is 0 Å². The van der Waals surface area contributed by atoms with E-state index in [0.29, 0.717) is 18.4 Å². The number of hydrogen-bond donors (Lipinski definition) is 2. The molecule has 1 heterocycles. The Labute approximate surface area is 188 Å². The molecule has 3 aliphatic rings. The summed E-state index contributed by atoms with van der Waals surface area (Å²) in [6.45, 7) is 4.13. The molecule has 6 atom stereocenters. The van der Waals surface area contributed by atoms with Crippen LogP contribution in [0.4, 0.5) is 0 Å². The molecule has 6 nitrogen and oxygen atoms in total. The molecule has 1 aliphatic heterocycles. The minimum absolute atomic E-state index is 0.191. The molecule has 2 aliphatic carbocycles. The Morgan fingerprint density at radius 2 is 1.90 bits per heavy atom. The van der Waals surface area contributed by atoms with E-state index in [1.165, 1.54) is 32.1 Å². The number of hydroxylamine groups is 2. The van der Waals surface area contributed by atoms with Gasteiger partial charge in [-0.2, -0.15) is 5.06 Å². The summed E-state index contributed by atoms with van der Waals surface area (Å²) in [7, 11) is 2.19. The average molecular weight is 435 g/mol. The quantitative estimate of drug-likeness (QED) is 0.452. The van der Waals surface area contributed by atoms with Gasteiger partial charge in [-0.05, 0) is 57.9 Å². The van der Waals surface area contributed by atoms with Crippen molar-refractivity contribution < 1.29 is 19.8 Å². The van der Waals surface area contributed by atoms with Crippen LogP contribution in [0.15, 0.2) is 0 Å². The lowest BCUT2D eigenvalue weighted by molar-refractivity contribution is -0.179. The number of hydrogen-bond acceptors (Lipinski definition) is 6. The van der Waals surface area contributed by atoms with Crippen LogP contribution in [-0.4, -0.2) is 78.0 Å². The third-order valence-corrected chi connectivity index (χ3v) is 7.47. The fourth-order valence-electron chi connectivity index (χ4n) is 5.84. The van der Waals surface area contributed by atoms with Gasteiger partial charge in [0.15, 0.2) is 0 Å². The van der Waals surface area contributed by atoms with Crippen molar-refractivity contribution in [1.29, 1.82) is 0 Å². The molecule has 2 N–H and O–H groups in total. The van der Waals surface area contributed by atoms with Gasteiger partial charge >= 0.3 is 0 Å². The van der Waals surface area contributed by atoms with Crippen molar-refractivity contribution in [3.8, 4) is 11.8 Å². The van der Waals surface area contributed by atoms with E-state index in [-0.39, 0.29) is 12.5 Å². The van der Waals surface area contributed by atoms with Crippen LogP contribution in [0.5, 0.6) is 0 Å². The van der Waals surface area contributed by atoms with Gasteiger partial charge in [-0.1, -0.05) is 37.5 Å². The van der Waals surface area contributed by atoms with Crippen LogP contribution < -0.4 is 0 Å². The number of rotatable bonds is 8. The van der Waals surface area contributed by atoms with Crippen LogP contribution in [0, 0.1) is 35.5 Å². The third kappa shape index (κ3) is 7.00. The van der Waals surface area contributed by atoms with E-state index < -0.39 is 18.2 Å². The zero-order valence-corrected chi connectivity index (χ0v) is 19.4. The molecular weight excluding hydrogens is 392 g/mol. The molecule has 0 radical (unpaired) electrons. The number of aliphatic hydroxyl groups excluding tert-OH is 2. The second-order valence-corrected chi connectivity index (χ2v) is 10.1. The Bertz CT molecular complexity index is 610. The SMILES string of the molecule is C[C@@H](O)[C@H]1[C@@H](CO)ON(CC2CCCC(C#CCN(C)CC3CCCCC3)C2)[C@H]1C=O. The maximum Gasteiger partial charge on any atom is 0.139 e. The summed E-state index contributed by atoms with van der Waals surface area (Å²) in [5, 5.41) is 21.4. The van der Waals surface area contributed by atoms with Crippen molar-refractivity contribution in [1.82, 2.24) is 9.96 Å². The monoisotopic (exact) mass is 434 g/mol. The fraction of sp³-hybridized carbons (Fsp3) is 0.880. The molecule has 0 aromatic carbocycles. The van der Waals surface area contributed by atoms with E-state index in [2.05, 4.69) is 23.8 Å². The molecule has 176 valence electrons. The first-order valence-corrected chi connectivity index (χ1v) is 12.4. The highest BCUT2D eigenvalue weighted by molar-refractivity contribution is 5.58. The largest absolute Gasteiger partial charge is 0.394 e. The standard InChI is InChI=1S/C25H42N2O4/c1-19(30)25-23(17-28)27(31-24(25)18-29)16-22-11-6-10-20(14-22)12-7-13-26(2)15-21-8-4-3-5-9-21/h17,19-25,29-30H,3-6,8-11,13-16,18H2,1-2H3/t19-,20?,22?,23+,24-,25-/m1/s1. The molecule has 0 amide bonds. The van der Waals surface area contributed by atoms with E-state index in [1.54, 1.807) is 12.0 Å². The number of carbonyl (C=O) groups excluding carboxylic acids is 1. The number of aldehydes is 1. The second kappa shape index (κ2) is 12.3. The van der Waals surface area contributed by atoms with E-state index in [4.69, 9.17) is 4.84 Å². The van der Waals surface area contributed by atoms with E-state index in [0.717, 1.165) is 51.0 Å². The maximum atomic E-state index is 11.7. The van der Waals surface area contributed by atoms with Gasteiger partial charge in [-0.15, -0.1) is 0 Å². The smallest absolute Gasteiger partial charge is 0.139 e. The Morgan fingerprint density at radius 3 is 2.58 bits per heavy atom.